The van der Waals surface area contributed by atoms with Crippen molar-refractivity contribution in [1.29, 1.82) is 0 Å². The minimum absolute atomic E-state index is 0.0261. The molecule has 2 rings (SSSR count). The SMILES string of the molecule is CNC(=O)NC(=O)CSc1nc2sc(C)c(C)c2c(=O)n1CCOC. The summed E-state index contributed by atoms with van der Waals surface area (Å²) in [6, 6.07) is -0.574. The second-order valence-electron chi connectivity index (χ2n) is 5.22. The number of hydrogen-bond acceptors (Lipinski definition) is 7. The van der Waals surface area contributed by atoms with Gasteiger partial charge in [0.05, 0.1) is 24.3 Å². The normalized spacial score (nSPS) is 10.9. The number of thiophene rings is 1. The van der Waals surface area contributed by atoms with E-state index in [-0.39, 0.29) is 11.3 Å². The molecule has 2 aromatic heterocycles. The molecule has 3 amide bonds. The van der Waals surface area contributed by atoms with Gasteiger partial charge in [0.1, 0.15) is 4.83 Å². The first kappa shape index (κ1) is 19.4. The van der Waals surface area contributed by atoms with Crippen LogP contribution in [0.25, 0.3) is 10.2 Å². The zero-order chi connectivity index (χ0) is 18.6. The van der Waals surface area contributed by atoms with Gasteiger partial charge >= 0.3 is 6.03 Å². The van der Waals surface area contributed by atoms with Crippen LogP contribution in [0, 0.1) is 13.8 Å². The molecule has 0 fully saturated rings. The molecule has 0 aliphatic heterocycles. The van der Waals surface area contributed by atoms with Crippen molar-refractivity contribution in [2.75, 3.05) is 26.5 Å². The van der Waals surface area contributed by atoms with E-state index in [0.29, 0.717) is 28.5 Å². The van der Waals surface area contributed by atoms with Crippen LogP contribution in [0.15, 0.2) is 9.95 Å². The van der Waals surface area contributed by atoms with E-state index in [1.165, 1.54) is 23.0 Å². The lowest BCUT2D eigenvalue weighted by atomic mass is 10.2. The lowest BCUT2D eigenvalue weighted by Crippen LogP contribution is -2.38. The summed E-state index contributed by atoms with van der Waals surface area (Å²) in [5.41, 5.74) is 0.788. The first-order valence-electron chi connectivity index (χ1n) is 7.52. The number of fused-ring (bicyclic) bond motifs is 1. The molecular formula is C15H20N4O4S2. The molecule has 2 aromatic rings. The van der Waals surface area contributed by atoms with Crippen molar-refractivity contribution in [3.63, 3.8) is 0 Å². The van der Waals surface area contributed by atoms with E-state index >= 15 is 0 Å². The quantitative estimate of drug-likeness (QED) is 0.574. The third kappa shape index (κ3) is 4.39. The van der Waals surface area contributed by atoms with Gasteiger partial charge in [-0.05, 0) is 19.4 Å². The second kappa shape index (κ2) is 8.45. The topological polar surface area (TPSA) is 102 Å². The van der Waals surface area contributed by atoms with Gasteiger partial charge in [-0.15, -0.1) is 11.3 Å². The molecule has 0 aliphatic carbocycles. The number of carbonyl (C=O) groups is 2. The highest BCUT2D eigenvalue weighted by Gasteiger charge is 2.18. The molecule has 0 bridgehead atoms. The Morgan fingerprint density at radius 1 is 1.36 bits per heavy atom. The van der Waals surface area contributed by atoms with Gasteiger partial charge in [0, 0.05) is 19.0 Å². The fraction of sp³-hybridized carbons (Fsp3) is 0.467. The van der Waals surface area contributed by atoms with Crippen LogP contribution >= 0.6 is 23.1 Å². The van der Waals surface area contributed by atoms with Crippen molar-refractivity contribution in [2.24, 2.45) is 0 Å². The summed E-state index contributed by atoms with van der Waals surface area (Å²) in [7, 11) is 2.98. The van der Waals surface area contributed by atoms with E-state index in [4.69, 9.17) is 4.74 Å². The lowest BCUT2D eigenvalue weighted by Gasteiger charge is -2.11. The highest BCUT2D eigenvalue weighted by atomic mass is 32.2. The molecule has 0 atom stereocenters. The summed E-state index contributed by atoms with van der Waals surface area (Å²) >= 11 is 2.57. The molecule has 0 saturated heterocycles. The third-order valence-electron chi connectivity index (χ3n) is 3.59. The third-order valence-corrected chi connectivity index (χ3v) is 5.66. The van der Waals surface area contributed by atoms with Gasteiger partial charge in [0.25, 0.3) is 5.56 Å². The summed E-state index contributed by atoms with van der Waals surface area (Å²) < 4.78 is 6.59. The maximum absolute atomic E-state index is 12.9. The van der Waals surface area contributed by atoms with E-state index in [0.717, 1.165) is 22.2 Å². The van der Waals surface area contributed by atoms with Gasteiger partial charge in [-0.1, -0.05) is 11.8 Å². The number of aromatic nitrogens is 2. The smallest absolute Gasteiger partial charge is 0.321 e. The molecular weight excluding hydrogens is 364 g/mol. The Bertz CT molecular complexity index is 859. The minimum atomic E-state index is -0.574. The number of aryl methyl sites for hydroxylation is 2. The Labute approximate surface area is 153 Å². The first-order valence-corrected chi connectivity index (χ1v) is 9.33. The van der Waals surface area contributed by atoms with Crippen LogP contribution in [0.2, 0.25) is 0 Å². The van der Waals surface area contributed by atoms with Gasteiger partial charge in [-0.3, -0.25) is 19.5 Å². The number of amides is 3. The summed E-state index contributed by atoms with van der Waals surface area (Å²) in [5, 5.41) is 5.53. The highest BCUT2D eigenvalue weighted by molar-refractivity contribution is 7.99. The molecule has 136 valence electrons. The number of methoxy groups -OCH3 is 1. The molecule has 8 nitrogen and oxygen atoms in total. The van der Waals surface area contributed by atoms with Gasteiger partial charge in [0.15, 0.2) is 5.16 Å². The Morgan fingerprint density at radius 2 is 2.08 bits per heavy atom. The summed E-state index contributed by atoms with van der Waals surface area (Å²) in [5.74, 6) is -0.489. The number of urea groups is 1. The van der Waals surface area contributed by atoms with Crippen molar-refractivity contribution >= 4 is 45.3 Å². The van der Waals surface area contributed by atoms with Crippen molar-refractivity contribution in [3.8, 4) is 0 Å². The minimum Gasteiger partial charge on any atom is -0.383 e. The number of rotatable bonds is 6. The molecule has 0 saturated carbocycles. The van der Waals surface area contributed by atoms with Crippen LogP contribution in [-0.2, 0) is 16.1 Å². The fourth-order valence-electron chi connectivity index (χ4n) is 2.15. The number of thioether (sulfide) groups is 1. The molecule has 0 spiro atoms. The van der Waals surface area contributed by atoms with Crippen molar-refractivity contribution in [3.05, 3.63) is 20.8 Å². The number of ether oxygens (including phenoxy) is 1. The monoisotopic (exact) mass is 384 g/mol. The summed E-state index contributed by atoms with van der Waals surface area (Å²) in [6.07, 6.45) is 0. The maximum Gasteiger partial charge on any atom is 0.321 e. The largest absolute Gasteiger partial charge is 0.383 e. The molecule has 0 unspecified atom stereocenters. The highest BCUT2D eigenvalue weighted by Crippen LogP contribution is 2.28. The van der Waals surface area contributed by atoms with Crippen molar-refractivity contribution in [2.45, 2.75) is 25.5 Å². The van der Waals surface area contributed by atoms with Crippen molar-refractivity contribution in [1.82, 2.24) is 20.2 Å². The fourth-order valence-corrected chi connectivity index (χ4v) is 4.05. The Balaban J connectivity index is 2.35. The number of carbonyl (C=O) groups excluding carboxylic acids is 2. The molecule has 0 aromatic carbocycles. The number of nitrogens with one attached hydrogen (secondary N) is 2. The van der Waals surface area contributed by atoms with Gasteiger partial charge in [-0.25, -0.2) is 9.78 Å². The van der Waals surface area contributed by atoms with Gasteiger partial charge < -0.3 is 10.1 Å². The zero-order valence-electron chi connectivity index (χ0n) is 14.5. The molecule has 10 heteroatoms. The van der Waals surface area contributed by atoms with Crippen LogP contribution in [0.1, 0.15) is 10.4 Å². The maximum atomic E-state index is 12.9. The average Bonchev–Trinajstić information content (AvgIpc) is 2.86. The van der Waals surface area contributed by atoms with Crippen LogP contribution in [0.4, 0.5) is 4.79 Å². The molecule has 2 heterocycles. The van der Waals surface area contributed by atoms with Crippen LogP contribution in [0.3, 0.4) is 0 Å². The predicted octanol–water partition coefficient (Wildman–Crippen LogP) is 1.27. The van der Waals surface area contributed by atoms with Crippen LogP contribution in [0.5, 0.6) is 0 Å². The van der Waals surface area contributed by atoms with E-state index in [9.17, 15) is 14.4 Å². The lowest BCUT2D eigenvalue weighted by molar-refractivity contribution is -0.117. The number of hydrogen-bond donors (Lipinski definition) is 2. The Kier molecular flexibility index (Phi) is 6.57. The first-order chi connectivity index (χ1) is 11.9. The molecule has 2 N–H and O–H groups in total. The average molecular weight is 384 g/mol. The molecule has 0 aliphatic rings. The summed E-state index contributed by atoms with van der Waals surface area (Å²) in [4.78, 5) is 42.1. The molecule has 0 radical (unpaired) electrons. The van der Waals surface area contributed by atoms with E-state index in [2.05, 4.69) is 15.6 Å². The van der Waals surface area contributed by atoms with E-state index < -0.39 is 11.9 Å². The number of nitrogens with zero attached hydrogens (tertiary/aromatic N) is 2. The van der Waals surface area contributed by atoms with Crippen LogP contribution < -0.4 is 16.2 Å². The predicted molar refractivity (Wildman–Crippen MR) is 98.6 cm³/mol. The molecule has 25 heavy (non-hydrogen) atoms. The second-order valence-corrected chi connectivity index (χ2v) is 7.37. The van der Waals surface area contributed by atoms with Gasteiger partial charge in [0.2, 0.25) is 5.91 Å². The standard InChI is InChI=1S/C15H20N4O4S2/c1-8-9(2)25-12-11(8)13(21)19(5-6-23-4)15(18-12)24-7-10(20)17-14(22)16-3/h5-7H2,1-4H3,(H2,16,17,20,22). The van der Waals surface area contributed by atoms with Gasteiger partial charge in [-0.2, -0.15) is 0 Å². The number of imide groups is 1. The zero-order valence-corrected chi connectivity index (χ0v) is 16.1. The Hall–Kier alpha value is -1.91. The van der Waals surface area contributed by atoms with E-state index in [1.54, 1.807) is 7.11 Å². The van der Waals surface area contributed by atoms with E-state index in [1.807, 2.05) is 13.8 Å². The van der Waals surface area contributed by atoms with Crippen LogP contribution in [-0.4, -0.2) is 48.0 Å². The van der Waals surface area contributed by atoms with Crippen molar-refractivity contribution < 1.29 is 14.3 Å². The summed E-state index contributed by atoms with van der Waals surface area (Å²) in [6.45, 7) is 4.55. The Morgan fingerprint density at radius 3 is 2.72 bits per heavy atom.